The lowest BCUT2D eigenvalue weighted by atomic mass is 9.95. The van der Waals surface area contributed by atoms with Gasteiger partial charge in [0.15, 0.2) is 0 Å². The van der Waals surface area contributed by atoms with Crippen LogP contribution in [-0.4, -0.2) is 29.1 Å². The minimum atomic E-state index is -0.877. The number of nitrogens with zero attached hydrogens (tertiary/aromatic N) is 1. The number of hydrogen-bond acceptors (Lipinski definition) is 2. The maximum absolute atomic E-state index is 11.5. The zero-order valence-corrected chi connectivity index (χ0v) is 11.2. The molecule has 0 bridgehead atoms. The standard InChI is InChI=1S/C17H17NO2/c19-17(20)16(13-6-2-1-3-7-13)12-18-10-14-8-4-5-9-15(14)11-18/h1-8,12,15H,9-11H2,(H,19,20). The van der Waals surface area contributed by atoms with Gasteiger partial charge in [0.1, 0.15) is 0 Å². The lowest BCUT2D eigenvalue weighted by Gasteiger charge is -2.14. The fourth-order valence-corrected chi connectivity index (χ4v) is 2.83. The summed E-state index contributed by atoms with van der Waals surface area (Å²) in [5, 5.41) is 9.42. The molecule has 0 radical (unpaired) electrons. The molecule has 0 amide bonds. The average Bonchev–Trinajstić information content (AvgIpc) is 2.88. The van der Waals surface area contributed by atoms with Gasteiger partial charge in [-0.3, -0.25) is 0 Å². The second kappa shape index (κ2) is 5.37. The minimum Gasteiger partial charge on any atom is -0.478 e. The van der Waals surface area contributed by atoms with Gasteiger partial charge in [0.05, 0.1) is 5.57 Å². The number of carboxylic acid groups (broad SMARTS) is 1. The normalized spacial score (nSPS) is 21.6. The van der Waals surface area contributed by atoms with Crippen LogP contribution in [-0.2, 0) is 4.79 Å². The highest BCUT2D eigenvalue weighted by molar-refractivity contribution is 6.15. The van der Waals surface area contributed by atoms with Crippen LogP contribution in [0.15, 0.2) is 60.3 Å². The first-order valence-corrected chi connectivity index (χ1v) is 6.84. The fourth-order valence-electron chi connectivity index (χ4n) is 2.83. The van der Waals surface area contributed by atoms with E-state index < -0.39 is 5.97 Å². The topological polar surface area (TPSA) is 40.5 Å². The molecule has 1 aromatic carbocycles. The summed E-state index contributed by atoms with van der Waals surface area (Å²) < 4.78 is 0. The Bertz CT molecular complexity index is 599. The highest BCUT2D eigenvalue weighted by Crippen LogP contribution is 2.30. The molecule has 1 atom stereocenters. The molecule has 1 aliphatic heterocycles. The van der Waals surface area contributed by atoms with Crippen molar-refractivity contribution in [3.63, 3.8) is 0 Å². The van der Waals surface area contributed by atoms with Crippen molar-refractivity contribution >= 4 is 11.5 Å². The summed E-state index contributed by atoms with van der Waals surface area (Å²) in [5.41, 5.74) is 2.52. The van der Waals surface area contributed by atoms with Gasteiger partial charge in [-0.25, -0.2) is 4.79 Å². The smallest absolute Gasteiger partial charge is 0.337 e. The van der Waals surface area contributed by atoms with Crippen molar-refractivity contribution in [3.8, 4) is 0 Å². The van der Waals surface area contributed by atoms with Gasteiger partial charge in [-0.05, 0) is 17.6 Å². The van der Waals surface area contributed by atoms with E-state index in [1.807, 2.05) is 30.3 Å². The molecular weight excluding hydrogens is 250 g/mol. The Kier molecular flexibility index (Phi) is 3.42. The first kappa shape index (κ1) is 12.7. The Hall–Kier alpha value is -2.29. The third kappa shape index (κ3) is 2.52. The van der Waals surface area contributed by atoms with E-state index in [1.165, 1.54) is 5.57 Å². The van der Waals surface area contributed by atoms with E-state index in [4.69, 9.17) is 0 Å². The predicted molar refractivity (Wildman–Crippen MR) is 79.0 cm³/mol. The van der Waals surface area contributed by atoms with E-state index in [2.05, 4.69) is 23.1 Å². The van der Waals surface area contributed by atoms with Crippen LogP contribution in [0.1, 0.15) is 12.0 Å². The molecule has 2 aliphatic rings. The van der Waals surface area contributed by atoms with Crippen molar-refractivity contribution in [2.45, 2.75) is 6.42 Å². The molecule has 102 valence electrons. The highest BCUT2D eigenvalue weighted by Gasteiger charge is 2.26. The zero-order chi connectivity index (χ0) is 13.9. The molecule has 1 saturated heterocycles. The van der Waals surface area contributed by atoms with E-state index in [-0.39, 0.29) is 0 Å². The molecule has 0 spiro atoms. The van der Waals surface area contributed by atoms with Crippen LogP contribution < -0.4 is 0 Å². The molecule has 1 aromatic rings. The fraction of sp³-hybridized carbons (Fsp3) is 0.235. The first-order valence-electron chi connectivity index (χ1n) is 6.84. The third-order valence-electron chi connectivity index (χ3n) is 3.86. The van der Waals surface area contributed by atoms with E-state index in [9.17, 15) is 9.90 Å². The molecule has 3 heteroatoms. The Labute approximate surface area is 118 Å². The number of aliphatic carboxylic acids is 1. The highest BCUT2D eigenvalue weighted by atomic mass is 16.4. The number of carbonyl (C=O) groups is 1. The number of hydrogen-bond donors (Lipinski definition) is 1. The molecule has 3 rings (SSSR count). The number of benzene rings is 1. The molecule has 1 fully saturated rings. The zero-order valence-electron chi connectivity index (χ0n) is 11.2. The van der Waals surface area contributed by atoms with Crippen LogP contribution in [0, 0.1) is 5.92 Å². The molecular formula is C17H17NO2. The molecule has 1 N–H and O–H groups in total. The van der Waals surface area contributed by atoms with Gasteiger partial charge in [-0.1, -0.05) is 48.6 Å². The lowest BCUT2D eigenvalue weighted by Crippen LogP contribution is -2.16. The summed E-state index contributed by atoms with van der Waals surface area (Å²) in [5.74, 6) is -0.333. The van der Waals surface area contributed by atoms with E-state index in [0.29, 0.717) is 11.5 Å². The van der Waals surface area contributed by atoms with Crippen molar-refractivity contribution in [1.29, 1.82) is 0 Å². The van der Waals surface area contributed by atoms with Crippen LogP contribution in [0.5, 0.6) is 0 Å². The maximum Gasteiger partial charge on any atom is 0.337 e. The van der Waals surface area contributed by atoms with Crippen molar-refractivity contribution in [1.82, 2.24) is 4.90 Å². The number of rotatable bonds is 3. The van der Waals surface area contributed by atoms with Crippen LogP contribution in [0.3, 0.4) is 0 Å². The van der Waals surface area contributed by atoms with Crippen LogP contribution in [0.2, 0.25) is 0 Å². The molecule has 1 unspecified atom stereocenters. The van der Waals surface area contributed by atoms with Gasteiger partial charge >= 0.3 is 5.97 Å². The Morgan fingerprint density at radius 1 is 1.30 bits per heavy atom. The van der Waals surface area contributed by atoms with Crippen LogP contribution in [0.25, 0.3) is 5.57 Å². The molecule has 0 aromatic heterocycles. The van der Waals surface area contributed by atoms with Crippen LogP contribution in [0.4, 0.5) is 0 Å². The van der Waals surface area contributed by atoms with Crippen molar-refractivity contribution in [2.75, 3.05) is 13.1 Å². The van der Waals surface area contributed by atoms with E-state index in [0.717, 1.165) is 25.1 Å². The summed E-state index contributed by atoms with van der Waals surface area (Å²) >= 11 is 0. The number of carboxylic acids is 1. The average molecular weight is 267 g/mol. The molecule has 20 heavy (non-hydrogen) atoms. The molecule has 0 saturated carbocycles. The Morgan fingerprint density at radius 2 is 2.10 bits per heavy atom. The van der Waals surface area contributed by atoms with E-state index >= 15 is 0 Å². The van der Waals surface area contributed by atoms with Gasteiger partial charge in [0.2, 0.25) is 0 Å². The summed E-state index contributed by atoms with van der Waals surface area (Å²) in [4.78, 5) is 13.6. The summed E-state index contributed by atoms with van der Waals surface area (Å²) in [6.07, 6.45) is 9.27. The number of fused-ring (bicyclic) bond motifs is 1. The van der Waals surface area contributed by atoms with Gasteiger partial charge < -0.3 is 10.0 Å². The number of allylic oxidation sites excluding steroid dienone is 3. The molecule has 1 heterocycles. The molecule has 1 aliphatic carbocycles. The largest absolute Gasteiger partial charge is 0.478 e. The molecule has 3 nitrogen and oxygen atoms in total. The van der Waals surface area contributed by atoms with Crippen molar-refractivity contribution < 1.29 is 9.90 Å². The van der Waals surface area contributed by atoms with Crippen molar-refractivity contribution in [2.24, 2.45) is 5.92 Å². The minimum absolute atomic E-state index is 0.359. The van der Waals surface area contributed by atoms with Gasteiger partial charge in [-0.2, -0.15) is 0 Å². The van der Waals surface area contributed by atoms with E-state index in [1.54, 1.807) is 6.20 Å². The predicted octanol–water partition coefficient (Wildman–Crippen LogP) is 2.93. The van der Waals surface area contributed by atoms with Crippen LogP contribution >= 0.6 is 0 Å². The monoisotopic (exact) mass is 267 g/mol. The van der Waals surface area contributed by atoms with Gasteiger partial charge in [0, 0.05) is 25.2 Å². The first-order chi connectivity index (χ1) is 9.74. The Balaban J connectivity index is 1.85. The maximum atomic E-state index is 11.5. The SMILES string of the molecule is O=C(O)C(=CN1CC2=CC=CCC2C1)c1ccccc1. The summed E-state index contributed by atoms with van der Waals surface area (Å²) in [7, 11) is 0. The summed E-state index contributed by atoms with van der Waals surface area (Å²) in [6.45, 7) is 1.73. The quantitative estimate of drug-likeness (QED) is 0.856. The second-order valence-electron chi connectivity index (χ2n) is 5.25. The number of likely N-dealkylation sites (tertiary alicyclic amines) is 1. The van der Waals surface area contributed by atoms with Gasteiger partial charge in [-0.15, -0.1) is 0 Å². The van der Waals surface area contributed by atoms with Gasteiger partial charge in [0.25, 0.3) is 0 Å². The summed E-state index contributed by atoms with van der Waals surface area (Å²) in [6, 6.07) is 9.29. The Morgan fingerprint density at radius 3 is 2.80 bits per heavy atom. The lowest BCUT2D eigenvalue weighted by molar-refractivity contribution is -0.130. The third-order valence-corrected chi connectivity index (χ3v) is 3.86. The van der Waals surface area contributed by atoms with Crippen molar-refractivity contribution in [3.05, 3.63) is 65.9 Å². The second-order valence-corrected chi connectivity index (χ2v) is 5.25.